The molecule has 2 amide bonds. The van der Waals surface area contributed by atoms with Gasteiger partial charge in [0, 0.05) is 23.1 Å². The van der Waals surface area contributed by atoms with Crippen LogP contribution in [0.1, 0.15) is 27.9 Å². The highest BCUT2D eigenvalue weighted by molar-refractivity contribution is 6.09. The van der Waals surface area contributed by atoms with Crippen molar-refractivity contribution in [3.8, 4) is 0 Å². The summed E-state index contributed by atoms with van der Waals surface area (Å²) in [6.45, 7) is 3.81. The number of hydrogen-bond acceptors (Lipinski definition) is 3. The van der Waals surface area contributed by atoms with Gasteiger partial charge in [-0.1, -0.05) is 49.0 Å². The lowest BCUT2D eigenvalue weighted by Crippen LogP contribution is -2.50. The number of carbonyl (C=O) groups is 2. The van der Waals surface area contributed by atoms with Gasteiger partial charge in [-0.25, -0.2) is 0 Å². The summed E-state index contributed by atoms with van der Waals surface area (Å²) in [5.74, 6) is 0.407. The van der Waals surface area contributed by atoms with Crippen molar-refractivity contribution in [2.24, 2.45) is 0 Å². The fraction of sp³-hybridized carbons (Fsp3) is 0.167. The molecule has 1 spiro atoms. The summed E-state index contributed by atoms with van der Waals surface area (Å²) in [6.07, 6.45) is 2.01. The molecule has 2 aliphatic rings. The smallest absolute Gasteiger partial charge is 0.255 e. The second kappa shape index (κ2) is 6.48. The predicted octanol–water partition coefficient (Wildman–Crippen LogP) is 3.51. The topological polar surface area (TPSA) is 70.2 Å². The van der Waals surface area contributed by atoms with Crippen LogP contribution in [-0.4, -0.2) is 17.4 Å². The van der Waals surface area contributed by atoms with Crippen LogP contribution in [0.3, 0.4) is 0 Å². The third-order valence-electron chi connectivity index (χ3n) is 5.91. The van der Waals surface area contributed by atoms with Crippen molar-refractivity contribution in [3.05, 3.63) is 89.8 Å². The number of nitrogens with one attached hydrogen (secondary N) is 3. The Morgan fingerprint density at radius 2 is 1.86 bits per heavy atom. The molecule has 1 fully saturated rings. The molecule has 0 saturated carbocycles. The highest BCUT2D eigenvalue weighted by Crippen LogP contribution is 2.33. The fourth-order valence-electron chi connectivity index (χ4n) is 4.40. The van der Waals surface area contributed by atoms with E-state index in [-0.39, 0.29) is 11.8 Å². The average molecular weight is 383 g/mol. The molecule has 5 rings (SSSR count). The van der Waals surface area contributed by atoms with E-state index < -0.39 is 5.54 Å². The number of carbonyl (C=O) groups excluding carboxylic acids is 2. The maximum atomic E-state index is 12.9. The molecular weight excluding hydrogens is 362 g/mol. The zero-order chi connectivity index (χ0) is 20.0. The number of rotatable bonds is 2. The van der Waals surface area contributed by atoms with E-state index >= 15 is 0 Å². The Kier molecular flexibility index (Phi) is 3.91. The summed E-state index contributed by atoms with van der Waals surface area (Å²) in [7, 11) is 0. The summed E-state index contributed by atoms with van der Waals surface area (Å²) < 4.78 is 0. The van der Waals surface area contributed by atoms with E-state index in [0.29, 0.717) is 24.2 Å². The van der Waals surface area contributed by atoms with Gasteiger partial charge in [-0.15, -0.1) is 0 Å². The number of anilines is 1. The van der Waals surface area contributed by atoms with Crippen LogP contribution in [0.4, 0.5) is 5.69 Å². The third kappa shape index (κ3) is 2.95. The fourth-order valence-corrected chi connectivity index (χ4v) is 4.40. The first-order chi connectivity index (χ1) is 14.0. The van der Waals surface area contributed by atoms with Gasteiger partial charge in [-0.2, -0.15) is 0 Å². The Balaban J connectivity index is 1.40. The highest BCUT2D eigenvalue weighted by Gasteiger charge is 2.45. The third-order valence-corrected chi connectivity index (χ3v) is 5.91. The maximum absolute atomic E-state index is 12.9. The van der Waals surface area contributed by atoms with Crippen LogP contribution in [0.5, 0.6) is 0 Å². The summed E-state index contributed by atoms with van der Waals surface area (Å²) in [5.41, 5.74) is 3.02. The molecule has 1 heterocycles. The number of fused-ring (bicyclic) bond motifs is 2. The molecule has 5 heteroatoms. The molecule has 1 unspecified atom stereocenters. The van der Waals surface area contributed by atoms with Crippen LogP contribution in [0.25, 0.3) is 10.8 Å². The number of amides is 2. The monoisotopic (exact) mass is 383 g/mol. The van der Waals surface area contributed by atoms with Crippen LogP contribution in [-0.2, 0) is 17.6 Å². The second-order valence-corrected chi connectivity index (χ2v) is 7.78. The summed E-state index contributed by atoms with van der Waals surface area (Å²) in [4.78, 5) is 25.2. The zero-order valence-corrected chi connectivity index (χ0v) is 15.9. The van der Waals surface area contributed by atoms with Gasteiger partial charge in [0.25, 0.3) is 11.8 Å². The van der Waals surface area contributed by atoms with Crippen LogP contribution in [0.2, 0.25) is 0 Å². The van der Waals surface area contributed by atoms with E-state index in [0.717, 1.165) is 34.0 Å². The molecule has 1 aliphatic heterocycles. The van der Waals surface area contributed by atoms with Gasteiger partial charge in [0.1, 0.15) is 5.54 Å². The zero-order valence-electron chi connectivity index (χ0n) is 15.9. The molecule has 3 aromatic carbocycles. The normalized spacial score (nSPS) is 20.3. The maximum Gasteiger partial charge on any atom is 0.255 e. The lowest BCUT2D eigenvalue weighted by molar-refractivity contribution is -0.124. The molecule has 144 valence electrons. The molecular formula is C24H21N3O2. The van der Waals surface area contributed by atoms with Gasteiger partial charge in [0.15, 0.2) is 0 Å². The average Bonchev–Trinajstić information content (AvgIpc) is 3.00. The van der Waals surface area contributed by atoms with Crippen molar-refractivity contribution < 1.29 is 9.59 Å². The van der Waals surface area contributed by atoms with Gasteiger partial charge in [0.2, 0.25) is 0 Å². The Morgan fingerprint density at radius 1 is 1.03 bits per heavy atom. The lowest BCUT2D eigenvalue weighted by atomic mass is 9.77. The molecule has 3 N–H and O–H groups in total. The molecule has 1 saturated heterocycles. The van der Waals surface area contributed by atoms with E-state index in [1.165, 1.54) is 0 Å². The Bertz CT molecular complexity index is 1180. The first-order valence-corrected chi connectivity index (χ1v) is 9.74. The highest BCUT2D eigenvalue weighted by atomic mass is 16.2. The molecule has 29 heavy (non-hydrogen) atoms. The van der Waals surface area contributed by atoms with E-state index in [4.69, 9.17) is 0 Å². The van der Waals surface area contributed by atoms with Gasteiger partial charge in [0.05, 0.1) is 5.82 Å². The first kappa shape index (κ1) is 17.5. The molecule has 0 aromatic heterocycles. The Hall–Kier alpha value is -3.60. The Labute approximate surface area is 168 Å². The molecule has 3 aromatic rings. The van der Waals surface area contributed by atoms with Crippen molar-refractivity contribution in [2.45, 2.75) is 24.8 Å². The van der Waals surface area contributed by atoms with E-state index in [9.17, 15) is 9.59 Å². The van der Waals surface area contributed by atoms with Crippen LogP contribution in [0, 0.1) is 0 Å². The van der Waals surface area contributed by atoms with E-state index in [1.54, 1.807) is 0 Å². The molecule has 1 aliphatic carbocycles. The minimum atomic E-state index is -0.614. The lowest BCUT2D eigenvalue weighted by Gasteiger charge is -2.32. The van der Waals surface area contributed by atoms with Gasteiger partial charge in [-0.3, -0.25) is 9.59 Å². The molecule has 0 radical (unpaired) electrons. The number of aryl methyl sites for hydroxylation is 1. The van der Waals surface area contributed by atoms with Crippen LogP contribution >= 0.6 is 0 Å². The van der Waals surface area contributed by atoms with E-state index in [2.05, 4.69) is 22.5 Å². The molecule has 5 nitrogen and oxygen atoms in total. The van der Waals surface area contributed by atoms with Crippen molar-refractivity contribution in [2.75, 3.05) is 5.32 Å². The van der Waals surface area contributed by atoms with Crippen molar-refractivity contribution in [1.82, 2.24) is 10.6 Å². The van der Waals surface area contributed by atoms with Gasteiger partial charge >= 0.3 is 0 Å². The summed E-state index contributed by atoms with van der Waals surface area (Å²) in [5, 5.41) is 11.1. The molecule has 0 bridgehead atoms. The van der Waals surface area contributed by atoms with E-state index in [1.807, 2.05) is 60.7 Å². The second-order valence-electron chi connectivity index (χ2n) is 7.78. The largest absolute Gasteiger partial charge is 0.358 e. The summed E-state index contributed by atoms with van der Waals surface area (Å²) >= 11 is 0. The minimum absolute atomic E-state index is 0.0223. The number of hydrogen-bond donors (Lipinski definition) is 3. The minimum Gasteiger partial charge on any atom is -0.358 e. The quantitative estimate of drug-likeness (QED) is 0.634. The first-order valence-electron chi connectivity index (χ1n) is 9.74. The Morgan fingerprint density at radius 3 is 2.69 bits per heavy atom. The van der Waals surface area contributed by atoms with Gasteiger partial charge in [-0.05, 0) is 47.6 Å². The predicted molar refractivity (Wildman–Crippen MR) is 114 cm³/mol. The summed E-state index contributed by atoms with van der Waals surface area (Å²) in [6, 6.07) is 19.6. The number of benzene rings is 3. The van der Waals surface area contributed by atoms with Crippen LogP contribution < -0.4 is 16.0 Å². The van der Waals surface area contributed by atoms with Crippen molar-refractivity contribution in [3.63, 3.8) is 0 Å². The van der Waals surface area contributed by atoms with Crippen molar-refractivity contribution in [1.29, 1.82) is 0 Å². The molecule has 1 atom stereocenters. The standard InChI is InChI=1S/C24H21N3O2/c1-15-25-23(29)24(27-15)12-11-17-13-18(9-10-19(17)14-24)22(28)26-21-8-4-6-16-5-2-3-7-20(16)21/h2-10,13,27H,1,11-12,14H2,(H,25,29)(H,26,28). The van der Waals surface area contributed by atoms with Gasteiger partial charge < -0.3 is 16.0 Å². The van der Waals surface area contributed by atoms with Crippen LogP contribution in [0.15, 0.2) is 73.1 Å². The van der Waals surface area contributed by atoms with Crippen molar-refractivity contribution >= 4 is 28.3 Å². The SMILES string of the molecule is C=C1NC(=O)C2(CCc3cc(C(=O)Nc4cccc5ccccc45)ccc3C2)N1.